The van der Waals surface area contributed by atoms with Crippen molar-refractivity contribution in [3.8, 4) is 5.75 Å². The van der Waals surface area contributed by atoms with Crippen LogP contribution >= 0.6 is 10.7 Å². The highest BCUT2D eigenvalue weighted by atomic mass is 35.7. The molecule has 13 heavy (non-hydrogen) atoms. The largest absolute Gasteiger partial charge is 0.508 e. The van der Waals surface area contributed by atoms with Gasteiger partial charge >= 0.3 is 0 Å². The van der Waals surface area contributed by atoms with Gasteiger partial charge in [-0.05, 0) is 37.1 Å². The lowest BCUT2D eigenvalue weighted by Gasteiger charge is -2.06. The standard InChI is InChI=1S/C8H9ClO3S/c1-5-3-7(10)4-6(2)8(5)13(9,11)12/h3-4,10H,1-2H3. The van der Waals surface area contributed by atoms with Crippen LogP contribution in [0.4, 0.5) is 0 Å². The van der Waals surface area contributed by atoms with Gasteiger partial charge < -0.3 is 5.11 Å². The summed E-state index contributed by atoms with van der Waals surface area (Å²) in [6.45, 7) is 3.17. The zero-order chi connectivity index (χ0) is 10.2. The highest BCUT2D eigenvalue weighted by Gasteiger charge is 2.16. The summed E-state index contributed by atoms with van der Waals surface area (Å²) >= 11 is 0. The third kappa shape index (κ3) is 2.14. The Morgan fingerprint density at radius 2 is 1.62 bits per heavy atom. The second kappa shape index (κ2) is 3.20. The molecule has 0 aliphatic rings. The topological polar surface area (TPSA) is 54.4 Å². The van der Waals surface area contributed by atoms with Gasteiger partial charge in [0.2, 0.25) is 0 Å². The molecule has 0 fully saturated rings. The van der Waals surface area contributed by atoms with Crippen molar-refractivity contribution in [2.75, 3.05) is 0 Å². The Kier molecular flexibility index (Phi) is 2.54. The van der Waals surface area contributed by atoms with E-state index >= 15 is 0 Å². The lowest BCUT2D eigenvalue weighted by molar-refractivity contribution is 0.473. The molecule has 1 rings (SSSR count). The van der Waals surface area contributed by atoms with E-state index in [9.17, 15) is 8.42 Å². The van der Waals surface area contributed by atoms with E-state index in [1.165, 1.54) is 12.1 Å². The zero-order valence-electron chi connectivity index (χ0n) is 7.20. The first-order chi connectivity index (χ1) is 5.82. The van der Waals surface area contributed by atoms with Crippen molar-refractivity contribution in [3.05, 3.63) is 23.3 Å². The molecule has 1 aromatic carbocycles. The van der Waals surface area contributed by atoms with Crippen LogP contribution < -0.4 is 0 Å². The molecular formula is C8H9ClO3S. The van der Waals surface area contributed by atoms with E-state index in [0.29, 0.717) is 11.1 Å². The van der Waals surface area contributed by atoms with Crippen LogP contribution in [0.3, 0.4) is 0 Å². The van der Waals surface area contributed by atoms with Crippen LogP contribution in [0.25, 0.3) is 0 Å². The molecule has 0 radical (unpaired) electrons. The summed E-state index contributed by atoms with van der Waals surface area (Å²) in [6.07, 6.45) is 0. The first-order valence-corrected chi connectivity index (χ1v) is 5.88. The van der Waals surface area contributed by atoms with E-state index < -0.39 is 9.05 Å². The van der Waals surface area contributed by atoms with Gasteiger partial charge in [0, 0.05) is 10.7 Å². The molecule has 0 aliphatic heterocycles. The van der Waals surface area contributed by atoms with Crippen molar-refractivity contribution in [1.29, 1.82) is 0 Å². The van der Waals surface area contributed by atoms with Gasteiger partial charge in [0.1, 0.15) is 5.75 Å². The minimum atomic E-state index is -3.72. The number of aromatic hydroxyl groups is 1. The van der Waals surface area contributed by atoms with Crippen molar-refractivity contribution >= 4 is 19.7 Å². The van der Waals surface area contributed by atoms with Gasteiger partial charge in [0.05, 0.1) is 4.90 Å². The smallest absolute Gasteiger partial charge is 0.261 e. The molecule has 0 heterocycles. The predicted octanol–water partition coefficient (Wildman–Crippen LogP) is 1.94. The molecule has 0 saturated carbocycles. The Morgan fingerprint density at radius 3 is 1.92 bits per heavy atom. The van der Waals surface area contributed by atoms with Gasteiger partial charge in [0.25, 0.3) is 9.05 Å². The summed E-state index contributed by atoms with van der Waals surface area (Å²) in [7, 11) is 1.49. The first-order valence-electron chi connectivity index (χ1n) is 3.57. The molecule has 1 N–H and O–H groups in total. The Labute approximate surface area is 81.4 Å². The van der Waals surface area contributed by atoms with Crippen molar-refractivity contribution in [1.82, 2.24) is 0 Å². The molecule has 0 bridgehead atoms. The lowest BCUT2D eigenvalue weighted by atomic mass is 10.1. The number of phenols is 1. The van der Waals surface area contributed by atoms with E-state index in [1.54, 1.807) is 13.8 Å². The predicted molar refractivity (Wildman–Crippen MR) is 50.6 cm³/mol. The second-order valence-electron chi connectivity index (χ2n) is 2.85. The number of benzene rings is 1. The van der Waals surface area contributed by atoms with E-state index in [2.05, 4.69) is 0 Å². The number of aryl methyl sites for hydroxylation is 2. The van der Waals surface area contributed by atoms with Crippen LogP contribution in [0.5, 0.6) is 5.75 Å². The Hall–Kier alpha value is -0.740. The van der Waals surface area contributed by atoms with Crippen molar-refractivity contribution in [2.24, 2.45) is 0 Å². The van der Waals surface area contributed by atoms with Crippen LogP contribution in [0.15, 0.2) is 17.0 Å². The van der Waals surface area contributed by atoms with Crippen molar-refractivity contribution < 1.29 is 13.5 Å². The van der Waals surface area contributed by atoms with Gasteiger partial charge in [-0.15, -0.1) is 0 Å². The minimum absolute atomic E-state index is 0.0408. The Morgan fingerprint density at radius 1 is 1.23 bits per heavy atom. The summed E-state index contributed by atoms with van der Waals surface area (Å²) in [5.74, 6) is 0.0408. The van der Waals surface area contributed by atoms with E-state index in [4.69, 9.17) is 15.8 Å². The first kappa shape index (κ1) is 10.3. The minimum Gasteiger partial charge on any atom is -0.508 e. The van der Waals surface area contributed by atoms with Crippen LogP contribution in [0, 0.1) is 13.8 Å². The average Bonchev–Trinajstić information content (AvgIpc) is 1.78. The normalized spacial score (nSPS) is 11.6. The zero-order valence-corrected chi connectivity index (χ0v) is 8.78. The fraction of sp³-hybridized carbons (Fsp3) is 0.250. The fourth-order valence-corrected chi connectivity index (χ4v) is 2.93. The Bertz CT molecular complexity index is 414. The van der Waals surface area contributed by atoms with Crippen LogP contribution in [-0.2, 0) is 9.05 Å². The molecule has 0 atom stereocenters. The quantitative estimate of drug-likeness (QED) is 0.736. The lowest BCUT2D eigenvalue weighted by Crippen LogP contribution is -1.97. The molecular weight excluding hydrogens is 212 g/mol. The summed E-state index contributed by atoms with van der Waals surface area (Å²) in [4.78, 5) is 0.0759. The van der Waals surface area contributed by atoms with Crippen LogP contribution in [0.1, 0.15) is 11.1 Å². The number of hydrogen-bond acceptors (Lipinski definition) is 3. The molecule has 5 heteroatoms. The second-order valence-corrected chi connectivity index (χ2v) is 5.35. The maximum absolute atomic E-state index is 11.1. The summed E-state index contributed by atoms with van der Waals surface area (Å²) in [5, 5.41) is 9.15. The summed E-state index contributed by atoms with van der Waals surface area (Å²) in [6, 6.07) is 2.73. The average molecular weight is 221 g/mol. The number of phenolic OH excluding ortho intramolecular Hbond substituents is 1. The van der Waals surface area contributed by atoms with Crippen molar-refractivity contribution in [2.45, 2.75) is 18.7 Å². The van der Waals surface area contributed by atoms with E-state index in [-0.39, 0.29) is 10.6 Å². The molecule has 0 amide bonds. The van der Waals surface area contributed by atoms with Gasteiger partial charge in [-0.1, -0.05) is 0 Å². The highest BCUT2D eigenvalue weighted by molar-refractivity contribution is 8.13. The van der Waals surface area contributed by atoms with E-state index in [1.807, 2.05) is 0 Å². The van der Waals surface area contributed by atoms with Gasteiger partial charge in [-0.3, -0.25) is 0 Å². The van der Waals surface area contributed by atoms with Crippen LogP contribution in [-0.4, -0.2) is 13.5 Å². The van der Waals surface area contributed by atoms with E-state index in [0.717, 1.165) is 0 Å². The third-order valence-electron chi connectivity index (χ3n) is 1.69. The highest BCUT2D eigenvalue weighted by Crippen LogP contribution is 2.27. The molecule has 0 saturated heterocycles. The molecule has 3 nitrogen and oxygen atoms in total. The summed E-state index contributed by atoms with van der Waals surface area (Å²) in [5.41, 5.74) is 0.903. The monoisotopic (exact) mass is 220 g/mol. The molecule has 1 aromatic rings. The SMILES string of the molecule is Cc1cc(O)cc(C)c1S(=O)(=O)Cl. The maximum Gasteiger partial charge on any atom is 0.261 e. The number of rotatable bonds is 1. The maximum atomic E-state index is 11.1. The van der Waals surface area contributed by atoms with Crippen molar-refractivity contribution in [3.63, 3.8) is 0 Å². The summed E-state index contributed by atoms with van der Waals surface area (Å²) < 4.78 is 22.1. The fourth-order valence-electron chi connectivity index (χ4n) is 1.31. The molecule has 0 aromatic heterocycles. The van der Waals surface area contributed by atoms with Gasteiger partial charge in [0.15, 0.2) is 0 Å². The molecule has 0 unspecified atom stereocenters. The van der Waals surface area contributed by atoms with Gasteiger partial charge in [-0.2, -0.15) is 0 Å². The molecule has 0 aliphatic carbocycles. The molecule has 72 valence electrons. The third-order valence-corrected chi connectivity index (χ3v) is 3.28. The number of halogens is 1. The Balaban J connectivity index is 3.57. The number of hydrogen-bond donors (Lipinski definition) is 1. The van der Waals surface area contributed by atoms with Gasteiger partial charge in [-0.25, -0.2) is 8.42 Å². The van der Waals surface area contributed by atoms with Crippen LogP contribution in [0.2, 0.25) is 0 Å². The molecule has 0 spiro atoms.